The van der Waals surface area contributed by atoms with Crippen LogP contribution < -0.4 is 4.90 Å². The zero-order chi connectivity index (χ0) is 21.6. The van der Waals surface area contributed by atoms with Crippen LogP contribution in [0, 0.1) is 11.3 Å². The Balaban J connectivity index is 0.00000341. The normalized spacial score (nSPS) is 15.5. The van der Waals surface area contributed by atoms with Crippen LogP contribution in [0.4, 0.5) is 5.69 Å². The first kappa shape index (κ1) is 24.7. The van der Waals surface area contributed by atoms with Gasteiger partial charge in [0.2, 0.25) is 0 Å². The number of halogens is 1. The quantitative estimate of drug-likeness (QED) is 0.648. The number of likely N-dealkylation sites (tertiary alicyclic amines) is 1. The second-order valence-corrected chi connectivity index (χ2v) is 8.15. The maximum Gasteiger partial charge on any atom is 0.335 e. The highest BCUT2D eigenvalue weighted by Gasteiger charge is 2.32. The molecule has 0 unspecified atom stereocenters. The molecule has 0 atom stereocenters. The molecule has 1 saturated heterocycles. The van der Waals surface area contributed by atoms with Crippen LogP contribution in [0.2, 0.25) is 0 Å². The summed E-state index contributed by atoms with van der Waals surface area (Å²) in [5.74, 6) is -0.926. The van der Waals surface area contributed by atoms with Gasteiger partial charge in [-0.3, -0.25) is 0 Å². The van der Waals surface area contributed by atoms with Crippen molar-refractivity contribution in [1.29, 1.82) is 5.26 Å². The van der Waals surface area contributed by atoms with E-state index in [9.17, 15) is 9.90 Å². The number of carboxylic acid groups (broad SMARTS) is 1. The van der Waals surface area contributed by atoms with Crippen LogP contribution in [0.5, 0.6) is 0 Å². The second-order valence-electron chi connectivity index (χ2n) is 8.15. The molecule has 6 nitrogen and oxygen atoms in total. The van der Waals surface area contributed by atoms with Gasteiger partial charge in [0.15, 0.2) is 0 Å². The minimum absolute atomic E-state index is 0. The molecule has 1 heterocycles. The summed E-state index contributed by atoms with van der Waals surface area (Å²) in [5.41, 5.74) is 2.48. The Bertz CT molecular complexity index is 886. The van der Waals surface area contributed by atoms with Gasteiger partial charge in [0, 0.05) is 38.9 Å². The Morgan fingerprint density at radius 1 is 1.13 bits per heavy atom. The summed E-state index contributed by atoms with van der Waals surface area (Å²) in [6.07, 6.45) is 3.14. The molecule has 0 radical (unpaired) electrons. The first-order valence-corrected chi connectivity index (χ1v) is 10.4. The van der Waals surface area contributed by atoms with E-state index in [1.165, 1.54) is 5.56 Å². The number of piperidine rings is 1. The molecule has 31 heavy (non-hydrogen) atoms. The number of hydrogen-bond donors (Lipinski definition) is 2. The van der Waals surface area contributed by atoms with Gasteiger partial charge in [0.25, 0.3) is 0 Å². The maximum atomic E-state index is 11.0. The predicted octanol–water partition coefficient (Wildman–Crippen LogP) is 3.57. The number of aromatic carboxylic acids is 1. The van der Waals surface area contributed by atoms with Gasteiger partial charge in [0.1, 0.15) is 0 Å². The van der Waals surface area contributed by atoms with E-state index in [1.54, 1.807) is 24.3 Å². The molecule has 0 bridgehead atoms. The first-order valence-electron chi connectivity index (χ1n) is 10.4. The molecule has 2 N–H and O–H groups in total. The molecular weight excluding hydrogens is 414 g/mol. The molecule has 0 spiro atoms. The Hall–Kier alpha value is -2.59. The van der Waals surface area contributed by atoms with Crippen molar-refractivity contribution in [3.63, 3.8) is 0 Å². The van der Waals surface area contributed by atoms with Crippen LogP contribution in [-0.2, 0) is 6.42 Å². The first-order chi connectivity index (χ1) is 14.4. The number of aliphatic hydroxyl groups is 1. The second kappa shape index (κ2) is 11.1. The number of carboxylic acids is 1. The highest BCUT2D eigenvalue weighted by atomic mass is 35.5. The fourth-order valence-electron chi connectivity index (χ4n) is 3.84. The number of benzene rings is 2. The molecule has 1 aliphatic rings. The lowest BCUT2D eigenvalue weighted by atomic mass is 9.88. The largest absolute Gasteiger partial charge is 0.478 e. The van der Waals surface area contributed by atoms with Crippen molar-refractivity contribution >= 4 is 24.1 Å². The zero-order valence-electron chi connectivity index (χ0n) is 17.8. The Labute approximate surface area is 190 Å². The minimum atomic E-state index is -0.926. The highest BCUT2D eigenvalue weighted by Crippen LogP contribution is 2.27. The summed E-state index contributed by atoms with van der Waals surface area (Å²) in [5, 5.41) is 28.9. The van der Waals surface area contributed by atoms with Gasteiger partial charge in [-0.1, -0.05) is 12.1 Å². The lowest BCUT2D eigenvalue weighted by Gasteiger charge is -2.39. The van der Waals surface area contributed by atoms with E-state index in [2.05, 4.69) is 15.9 Å². The van der Waals surface area contributed by atoms with Crippen molar-refractivity contribution in [2.45, 2.75) is 31.3 Å². The van der Waals surface area contributed by atoms with Crippen molar-refractivity contribution in [1.82, 2.24) is 4.90 Å². The third kappa shape index (κ3) is 6.96. The number of rotatable bonds is 8. The Morgan fingerprint density at radius 3 is 2.29 bits per heavy atom. The molecule has 7 heteroatoms. The van der Waals surface area contributed by atoms with Crippen LogP contribution in [0.25, 0.3) is 0 Å². The molecule has 3 rings (SSSR count). The fraction of sp³-hybridized carbons (Fsp3) is 0.417. The van der Waals surface area contributed by atoms with E-state index < -0.39 is 11.6 Å². The average Bonchev–Trinajstić information content (AvgIpc) is 2.77. The van der Waals surface area contributed by atoms with Crippen molar-refractivity contribution in [2.75, 3.05) is 38.1 Å². The summed E-state index contributed by atoms with van der Waals surface area (Å²) in [4.78, 5) is 15.4. The van der Waals surface area contributed by atoms with E-state index in [-0.39, 0.29) is 18.0 Å². The third-order valence-corrected chi connectivity index (χ3v) is 6.05. The smallest absolute Gasteiger partial charge is 0.335 e. The maximum absolute atomic E-state index is 11.0. The summed E-state index contributed by atoms with van der Waals surface area (Å²) >= 11 is 0. The zero-order valence-corrected chi connectivity index (χ0v) is 18.6. The lowest BCUT2D eigenvalue weighted by molar-refractivity contribution is -0.0254. The minimum Gasteiger partial charge on any atom is -0.478 e. The van der Waals surface area contributed by atoms with Crippen LogP contribution in [0.1, 0.15) is 40.7 Å². The van der Waals surface area contributed by atoms with Gasteiger partial charge in [-0.15, -0.1) is 12.4 Å². The van der Waals surface area contributed by atoms with E-state index in [4.69, 9.17) is 10.4 Å². The van der Waals surface area contributed by atoms with Gasteiger partial charge in [-0.25, -0.2) is 4.79 Å². The summed E-state index contributed by atoms with van der Waals surface area (Å²) < 4.78 is 0. The van der Waals surface area contributed by atoms with E-state index >= 15 is 0 Å². The fourth-order valence-corrected chi connectivity index (χ4v) is 3.84. The van der Waals surface area contributed by atoms with E-state index in [1.807, 2.05) is 31.3 Å². The van der Waals surface area contributed by atoms with Crippen molar-refractivity contribution < 1.29 is 15.0 Å². The molecule has 0 aromatic heterocycles. The van der Waals surface area contributed by atoms with Crippen molar-refractivity contribution in [3.8, 4) is 6.07 Å². The van der Waals surface area contributed by atoms with E-state index in [0.717, 1.165) is 44.6 Å². The van der Waals surface area contributed by atoms with Gasteiger partial charge in [-0.05, 0) is 67.6 Å². The van der Waals surface area contributed by atoms with Crippen LogP contribution >= 0.6 is 12.4 Å². The monoisotopic (exact) mass is 443 g/mol. The molecule has 1 fully saturated rings. The number of carbonyl (C=O) groups is 1. The van der Waals surface area contributed by atoms with Gasteiger partial charge < -0.3 is 20.0 Å². The van der Waals surface area contributed by atoms with Gasteiger partial charge in [0.05, 0.1) is 22.8 Å². The summed E-state index contributed by atoms with van der Waals surface area (Å²) in [6.45, 7) is 3.43. The molecule has 2 aromatic carbocycles. The highest BCUT2D eigenvalue weighted by molar-refractivity contribution is 5.88. The van der Waals surface area contributed by atoms with Crippen LogP contribution in [-0.4, -0.2) is 59.9 Å². The molecule has 0 amide bonds. The predicted molar refractivity (Wildman–Crippen MR) is 124 cm³/mol. The van der Waals surface area contributed by atoms with Crippen LogP contribution in [0.3, 0.4) is 0 Å². The SMILES string of the molecule is CN(CCC1(O)CCN(CCc2ccc(C#N)cc2)CC1)c1ccc(C(=O)O)cc1.Cl. The number of anilines is 1. The third-order valence-electron chi connectivity index (χ3n) is 6.05. The molecule has 0 aliphatic carbocycles. The Kier molecular flexibility index (Phi) is 8.88. The molecule has 1 aliphatic heterocycles. The van der Waals surface area contributed by atoms with Crippen molar-refractivity contribution in [2.24, 2.45) is 0 Å². The van der Waals surface area contributed by atoms with E-state index in [0.29, 0.717) is 18.5 Å². The van der Waals surface area contributed by atoms with Gasteiger partial charge in [-0.2, -0.15) is 5.26 Å². The number of nitriles is 1. The topological polar surface area (TPSA) is 87.8 Å². The molecule has 2 aromatic rings. The van der Waals surface area contributed by atoms with Crippen LogP contribution in [0.15, 0.2) is 48.5 Å². The summed E-state index contributed by atoms with van der Waals surface area (Å²) in [6, 6.07) is 16.7. The van der Waals surface area contributed by atoms with Crippen molar-refractivity contribution in [3.05, 3.63) is 65.2 Å². The molecule has 166 valence electrons. The lowest BCUT2D eigenvalue weighted by Crippen LogP contribution is -2.46. The number of hydrogen-bond acceptors (Lipinski definition) is 5. The Morgan fingerprint density at radius 2 is 1.74 bits per heavy atom. The molecular formula is C24H30ClN3O3. The summed E-state index contributed by atoms with van der Waals surface area (Å²) in [7, 11) is 1.96. The van der Waals surface area contributed by atoms with Gasteiger partial charge >= 0.3 is 5.97 Å². The standard InChI is InChI=1S/C24H29N3O3.ClH/c1-26(22-8-6-21(7-9-22)23(28)29)15-11-24(30)12-16-27(17-13-24)14-10-19-2-4-20(18-25)5-3-19;/h2-9,30H,10-17H2,1H3,(H,28,29);1H. The molecule has 0 saturated carbocycles. The number of nitrogens with zero attached hydrogens (tertiary/aromatic N) is 3. The average molecular weight is 444 g/mol.